The van der Waals surface area contributed by atoms with Crippen LogP contribution >= 0.6 is 25.3 Å². The number of hydrogen-bond donors (Lipinski definition) is 2. The van der Waals surface area contributed by atoms with Crippen LogP contribution in [-0.2, 0) is 0 Å². The van der Waals surface area contributed by atoms with E-state index in [-0.39, 0.29) is 29.6 Å². The second-order valence-corrected chi connectivity index (χ2v) is 2.05. The molecule has 3 heteroatoms. The Morgan fingerprint density at radius 3 is 1.29 bits per heavy atom. The standard InChI is InChI=1S/C4H10S2.Na.H/c5-3-1-2-4-6;;/h5-6H,1-4H2;;. The molecule has 0 atom stereocenters. The van der Waals surface area contributed by atoms with Gasteiger partial charge in [-0.1, -0.05) is 0 Å². The minimum atomic E-state index is 0. The Kier molecular flexibility index (Phi) is 17.5. The van der Waals surface area contributed by atoms with Crippen molar-refractivity contribution in [1.82, 2.24) is 0 Å². The van der Waals surface area contributed by atoms with Gasteiger partial charge in [0.05, 0.1) is 0 Å². The normalized spacial score (nSPS) is 7.71. The Bertz CT molecular complexity index is 21.7. The summed E-state index contributed by atoms with van der Waals surface area (Å²) in [5.74, 6) is 2.00. The number of thiol groups is 2. The van der Waals surface area contributed by atoms with E-state index in [0.29, 0.717) is 0 Å². The molecule has 0 amide bonds. The zero-order valence-electron chi connectivity index (χ0n) is 3.72. The quantitative estimate of drug-likeness (QED) is 0.331. The third-order valence-corrected chi connectivity index (χ3v) is 1.20. The molecule has 0 aromatic carbocycles. The monoisotopic (exact) mass is 146 g/mol. The van der Waals surface area contributed by atoms with E-state index in [1.807, 2.05) is 0 Å². The van der Waals surface area contributed by atoms with E-state index in [0.717, 1.165) is 11.5 Å². The van der Waals surface area contributed by atoms with Crippen molar-refractivity contribution < 1.29 is 0 Å². The van der Waals surface area contributed by atoms with Crippen molar-refractivity contribution in [3.05, 3.63) is 0 Å². The average Bonchev–Trinajstić information content (AvgIpc) is 1.61. The fraction of sp³-hybridized carbons (Fsp3) is 1.00. The minimum absolute atomic E-state index is 0. The van der Waals surface area contributed by atoms with E-state index < -0.39 is 0 Å². The Hall–Kier alpha value is 1.70. The molecule has 0 heterocycles. The molecule has 40 valence electrons. The first kappa shape index (κ1) is 11.5. The summed E-state index contributed by atoms with van der Waals surface area (Å²) in [6.07, 6.45) is 2.40. The van der Waals surface area contributed by atoms with Crippen molar-refractivity contribution in [1.29, 1.82) is 0 Å². The van der Waals surface area contributed by atoms with Crippen molar-refractivity contribution in [2.24, 2.45) is 0 Å². The molecule has 0 N–H and O–H groups in total. The van der Waals surface area contributed by atoms with E-state index in [1.165, 1.54) is 12.8 Å². The molecule has 7 heavy (non-hydrogen) atoms. The Morgan fingerprint density at radius 1 is 0.857 bits per heavy atom. The molecule has 0 fully saturated rings. The summed E-state index contributed by atoms with van der Waals surface area (Å²) in [7, 11) is 0. The van der Waals surface area contributed by atoms with Crippen LogP contribution in [0.3, 0.4) is 0 Å². The summed E-state index contributed by atoms with van der Waals surface area (Å²) < 4.78 is 0. The molecule has 0 aromatic rings. The molecule has 0 unspecified atom stereocenters. The Morgan fingerprint density at radius 2 is 1.14 bits per heavy atom. The molecule has 0 spiro atoms. The molecule has 0 aliphatic heterocycles. The maximum atomic E-state index is 4.02. The summed E-state index contributed by atoms with van der Waals surface area (Å²) in [6.45, 7) is 0. The van der Waals surface area contributed by atoms with Crippen LogP contribution < -0.4 is 0 Å². The van der Waals surface area contributed by atoms with Gasteiger partial charge in [-0.25, -0.2) is 0 Å². The van der Waals surface area contributed by atoms with Crippen molar-refractivity contribution >= 4 is 54.8 Å². The van der Waals surface area contributed by atoms with Crippen LogP contribution in [0.15, 0.2) is 0 Å². The van der Waals surface area contributed by atoms with Crippen LogP contribution in [0.2, 0.25) is 0 Å². The van der Waals surface area contributed by atoms with Crippen LogP contribution in [0.25, 0.3) is 0 Å². The predicted molar refractivity (Wildman–Crippen MR) is 44.1 cm³/mol. The summed E-state index contributed by atoms with van der Waals surface area (Å²) in [6, 6.07) is 0. The van der Waals surface area contributed by atoms with Crippen LogP contribution in [0, 0.1) is 0 Å². The molecule has 0 bridgehead atoms. The van der Waals surface area contributed by atoms with Crippen LogP contribution in [0.5, 0.6) is 0 Å². The SMILES string of the molecule is SCCCCS.[NaH]. The van der Waals surface area contributed by atoms with E-state index in [1.54, 1.807) is 0 Å². The second kappa shape index (κ2) is 10.6. The van der Waals surface area contributed by atoms with Gasteiger partial charge in [0.1, 0.15) is 0 Å². The molecule has 0 radical (unpaired) electrons. The van der Waals surface area contributed by atoms with Crippen LogP contribution in [0.1, 0.15) is 12.8 Å². The molecular weight excluding hydrogens is 135 g/mol. The van der Waals surface area contributed by atoms with Crippen molar-refractivity contribution in [2.75, 3.05) is 11.5 Å². The first-order chi connectivity index (χ1) is 2.91. The van der Waals surface area contributed by atoms with Gasteiger partial charge in [-0.3, -0.25) is 0 Å². The maximum absolute atomic E-state index is 4.02. The van der Waals surface area contributed by atoms with Crippen LogP contribution in [-0.4, -0.2) is 41.1 Å². The van der Waals surface area contributed by atoms with E-state index in [2.05, 4.69) is 25.3 Å². The predicted octanol–water partition coefficient (Wildman–Crippen LogP) is 0.978. The van der Waals surface area contributed by atoms with Crippen molar-refractivity contribution in [3.63, 3.8) is 0 Å². The van der Waals surface area contributed by atoms with E-state index in [9.17, 15) is 0 Å². The molecule has 0 aromatic heterocycles. The zero-order chi connectivity index (χ0) is 4.83. The zero-order valence-corrected chi connectivity index (χ0v) is 5.51. The molecule has 0 aliphatic carbocycles. The number of rotatable bonds is 3. The topological polar surface area (TPSA) is 0 Å². The van der Waals surface area contributed by atoms with Gasteiger partial charge in [-0.05, 0) is 24.3 Å². The molecular formula is C4H11NaS2. The van der Waals surface area contributed by atoms with E-state index >= 15 is 0 Å². The Balaban J connectivity index is 0. The van der Waals surface area contributed by atoms with Gasteiger partial charge in [-0.2, -0.15) is 25.3 Å². The van der Waals surface area contributed by atoms with E-state index in [4.69, 9.17) is 0 Å². The van der Waals surface area contributed by atoms with Gasteiger partial charge in [0.15, 0.2) is 0 Å². The third kappa shape index (κ3) is 11.3. The molecule has 0 aliphatic rings. The van der Waals surface area contributed by atoms with Gasteiger partial charge in [0.2, 0.25) is 0 Å². The second-order valence-electron chi connectivity index (χ2n) is 1.15. The summed E-state index contributed by atoms with van der Waals surface area (Å²) in [5, 5.41) is 0. The van der Waals surface area contributed by atoms with Gasteiger partial charge in [0.25, 0.3) is 0 Å². The molecule has 0 rings (SSSR count). The number of unbranched alkanes of at least 4 members (excludes halogenated alkanes) is 1. The third-order valence-electron chi connectivity index (χ3n) is 0.566. The average molecular weight is 146 g/mol. The fourth-order valence-electron chi connectivity index (χ4n) is 0.224. The molecule has 0 nitrogen and oxygen atoms in total. The van der Waals surface area contributed by atoms with Gasteiger partial charge in [0, 0.05) is 0 Å². The fourth-order valence-corrected chi connectivity index (χ4v) is 0.671. The first-order valence-electron chi connectivity index (χ1n) is 2.13. The van der Waals surface area contributed by atoms with Crippen molar-refractivity contribution in [3.8, 4) is 0 Å². The summed E-state index contributed by atoms with van der Waals surface area (Å²) >= 11 is 8.04. The summed E-state index contributed by atoms with van der Waals surface area (Å²) in [5.41, 5.74) is 0. The first-order valence-corrected chi connectivity index (χ1v) is 3.40. The van der Waals surface area contributed by atoms with Crippen molar-refractivity contribution in [2.45, 2.75) is 12.8 Å². The number of hydrogen-bond acceptors (Lipinski definition) is 2. The molecule has 0 saturated heterocycles. The summed E-state index contributed by atoms with van der Waals surface area (Å²) in [4.78, 5) is 0. The van der Waals surface area contributed by atoms with Gasteiger partial charge in [-0.15, -0.1) is 0 Å². The Labute approximate surface area is 78.6 Å². The van der Waals surface area contributed by atoms with Crippen LogP contribution in [0.4, 0.5) is 0 Å². The van der Waals surface area contributed by atoms with Gasteiger partial charge < -0.3 is 0 Å². The molecule has 0 saturated carbocycles. The van der Waals surface area contributed by atoms with Gasteiger partial charge >= 0.3 is 29.6 Å².